The minimum atomic E-state index is -0.244. The second kappa shape index (κ2) is 6.08. The Balaban J connectivity index is 1.45. The first kappa shape index (κ1) is 15.4. The van der Waals surface area contributed by atoms with Gasteiger partial charge in [0.2, 0.25) is 12.7 Å². The van der Waals surface area contributed by atoms with E-state index in [1.165, 1.54) is 6.20 Å². The van der Waals surface area contributed by atoms with Crippen molar-refractivity contribution in [3.05, 3.63) is 47.8 Å². The molecule has 2 aliphatic rings. The van der Waals surface area contributed by atoms with Crippen LogP contribution >= 0.6 is 0 Å². The number of benzene rings is 1. The Bertz CT molecular complexity index is 835. The summed E-state index contributed by atoms with van der Waals surface area (Å²) in [7, 11) is 0. The van der Waals surface area contributed by atoms with Crippen molar-refractivity contribution in [2.75, 3.05) is 18.2 Å². The van der Waals surface area contributed by atoms with E-state index in [4.69, 9.17) is 9.47 Å². The van der Waals surface area contributed by atoms with Crippen LogP contribution in [0.2, 0.25) is 0 Å². The predicted molar refractivity (Wildman–Crippen MR) is 89.8 cm³/mol. The molecule has 0 saturated carbocycles. The highest BCUT2D eigenvalue weighted by atomic mass is 16.7. The fraction of sp³-hybridized carbons (Fsp3) is 0.278. The maximum Gasteiger partial charge on any atom is 0.253 e. The Hall–Kier alpha value is -3.09. The number of hydrogen-bond acceptors (Lipinski definition) is 5. The highest BCUT2D eigenvalue weighted by molar-refractivity contribution is 5.99. The van der Waals surface area contributed by atoms with Gasteiger partial charge in [-0.2, -0.15) is 0 Å². The molecule has 3 heterocycles. The Kier molecular flexibility index (Phi) is 3.76. The van der Waals surface area contributed by atoms with E-state index in [1.807, 2.05) is 13.0 Å². The number of hydrogen-bond donors (Lipinski definition) is 1. The van der Waals surface area contributed by atoms with Crippen molar-refractivity contribution in [1.29, 1.82) is 0 Å². The zero-order valence-electron chi connectivity index (χ0n) is 13.7. The van der Waals surface area contributed by atoms with Gasteiger partial charge in [0.05, 0.1) is 11.6 Å². The lowest BCUT2D eigenvalue weighted by atomic mass is 10.2. The number of aromatic nitrogens is 1. The van der Waals surface area contributed by atoms with Gasteiger partial charge in [0.1, 0.15) is 0 Å². The molecule has 0 radical (unpaired) electrons. The van der Waals surface area contributed by atoms with Gasteiger partial charge in [-0.05, 0) is 31.2 Å². The largest absolute Gasteiger partial charge is 0.454 e. The average molecular weight is 339 g/mol. The first-order valence-corrected chi connectivity index (χ1v) is 8.04. The van der Waals surface area contributed by atoms with Crippen LogP contribution in [0, 0.1) is 6.92 Å². The summed E-state index contributed by atoms with van der Waals surface area (Å²) >= 11 is 0. The van der Waals surface area contributed by atoms with E-state index in [0.717, 1.165) is 11.4 Å². The van der Waals surface area contributed by atoms with Crippen molar-refractivity contribution < 1.29 is 19.1 Å². The van der Waals surface area contributed by atoms with Crippen molar-refractivity contribution in [2.24, 2.45) is 0 Å². The van der Waals surface area contributed by atoms with Gasteiger partial charge in [0, 0.05) is 36.6 Å². The normalized spacial score (nSPS) is 18.5. The SMILES string of the molecule is Cc1ccc(C(=O)NC2CC(=O)N(c3ccc4c(c3)OCO4)C2)cn1. The van der Waals surface area contributed by atoms with Crippen LogP contribution in [0.4, 0.5) is 5.69 Å². The number of carbonyl (C=O) groups is 2. The number of pyridine rings is 1. The number of nitrogens with one attached hydrogen (secondary N) is 1. The monoisotopic (exact) mass is 339 g/mol. The van der Waals surface area contributed by atoms with Gasteiger partial charge in [-0.15, -0.1) is 0 Å². The van der Waals surface area contributed by atoms with Gasteiger partial charge in [-0.3, -0.25) is 14.6 Å². The number of amides is 2. The molecule has 1 aromatic carbocycles. The van der Waals surface area contributed by atoms with E-state index in [1.54, 1.807) is 29.2 Å². The fourth-order valence-corrected chi connectivity index (χ4v) is 2.98. The molecule has 2 amide bonds. The fourth-order valence-electron chi connectivity index (χ4n) is 2.98. The molecule has 1 unspecified atom stereocenters. The van der Waals surface area contributed by atoms with Crippen molar-refractivity contribution in [1.82, 2.24) is 10.3 Å². The summed E-state index contributed by atoms with van der Waals surface area (Å²) < 4.78 is 10.6. The molecule has 0 aliphatic carbocycles. The zero-order valence-corrected chi connectivity index (χ0v) is 13.7. The highest BCUT2D eigenvalue weighted by Crippen LogP contribution is 2.36. The van der Waals surface area contributed by atoms with Crippen LogP contribution in [-0.4, -0.2) is 36.2 Å². The van der Waals surface area contributed by atoms with Crippen LogP contribution in [0.1, 0.15) is 22.5 Å². The molecule has 128 valence electrons. The molecular formula is C18H17N3O4. The molecule has 1 fully saturated rings. The molecule has 0 bridgehead atoms. The third-order valence-corrected chi connectivity index (χ3v) is 4.30. The molecule has 1 N–H and O–H groups in total. The smallest absolute Gasteiger partial charge is 0.253 e. The van der Waals surface area contributed by atoms with Gasteiger partial charge in [0.25, 0.3) is 5.91 Å². The number of ether oxygens (including phenoxy) is 2. The predicted octanol–water partition coefficient (Wildman–Crippen LogP) is 1.65. The molecule has 25 heavy (non-hydrogen) atoms. The van der Waals surface area contributed by atoms with E-state index in [2.05, 4.69) is 10.3 Å². The molecule has 2 aliphatic heterocycles. The summed E-state index contributed by atoms with van der Waals surface area (Å²) in [6.07, 6.45) is 1.80. The van der Waals surface area contributed by atoms with Crippen molar-refractivity contribution in [2.45, 2.75) is 19.4 Å². The second-order valence-electron chi connectivity index (χ2n) is 6.10. The Labute approximate surface area is 144 Å². The molecule has 1 atom stereocenters. The number of aryl methyl sites for hydroxylation is 1. The highest BCUT2D eigenvalue weighted by Gasteiger charge is 2.32. The number of anilines is 1. The molecule has 4 rings (SSSR count). The number of rotatable bonds is 3. The second-order valence-corrected chi connectivity index (χ2v) is 6.10. The van der Waals surface area contributed by atoms with Crippen molar-refractivity contribution in [3.8, 4) is 11.5 Å². The summed E-state index contributed by atoms with van der Waals surface area (Å²) in [5.74, 6) is 1.04. The van der Waals surface area contributed by atoms with E-state index in [9.17, 15) is 9.59 Å². The molecule has 1 saturated heterocycles. The van der Waals surface area contributed by atoms with E-state index in [-0.39, 0.29) is 31.1 Å². The number of fused-ring (bicyclic) bond motifs is 1. The first-order valence-electron chi connectivity index (χ1n) is 8.04. The van der Waals surface area contributed by atoms with E-state index < -0.39 is 0 Å². The maximum absolute atomic E-state index is 12.3. The first-order chi connectivity index (χ1) is 12.1. The minimum absolute atomic E-state index is 0.0359. The Morgan fingerprint density at radius 2 is 2.08 bits per heavy atom. The zero-order chi connectivity index (χ0) is 17.4. The standard InChI is InChI=1S/C18H17N3O4/c1-11-2-3-12(8-19-11)18(23)20-13-6-17(22)21(9-13)14-4-5-15-16(7-14)25-10-24-15/h2-5,7-8,13H,6,9-10H2,1H3,(H,20,23). The lowest BCUT2D eigenvalue weighted by Crippen LogP contribution is -2.37. The number of carbonyl (C=O) groups excluding carboxylic acids is 2. The molecule has 7 heteroatoms. The van der Waals surface area contributed by atoms with Crippen molar-refractivity contribution >= 4 is 17.5 Å². The summed E-state index contributed by atoms with van der Waals surface area (Å²) in [6, 6.07) is 8.66. The van der Waals surface area contributed by atoms with Crippen LogP contribution in [-0.2, 0) is 4.79 Å². The summed E-state index contributed by atoms with van der Waals surface area (Å²) in [5.41, 5.74) is 2.07. The quantitative estimate of drug-likeness (QED) is 0.920. The van der Waals surface area contributed by atoms with Crippen LogP contribution in [0.5, 0.6) is 11.5 Å². The number of nitrogens with zero attached hydrogens (tertiary/aromatic N) is 2. The Morgan fingerprint density at radius 3 is 2.88 bits per heavy atom. The topological polar surface area (TPSA) is 80.8 Å². The van der Waals surface area contributed by atoms with Gasteiger partial charge in [0.15, 0.2) is 11.5 Å². The summed E-state index contributed by atoms with van der Waals surface area (Å²) in [6.45, 7) is 2.47. The van der Waals surface area contributed by atoms with Gasteiger partial charge in [-0.25, -0.2) is 0 Å². The molecular weight excluding hydrogens is 322 g/mol. The third-order valence-electron chi connectivity index (χ3n) is 4.30. The van der Waals surface area contributed by atoms with Crippen LogP contribution in [0.3, 0.4) is 0 Å². The van der Waals surface area contributed by atoms with E-state index >= 15 is 0 Å². The van der Waals surface area contributed by atoms with Crippen LogP contribution < -0.4 is 19.7 Å². The lowest BCUT2D eigenvalue weighted by Gasteiger charge is -2.17. The lowest BCUT2D eigenvalue weighted by molar-refractivity contribution is -0.117. The molecule has 1 aromatic heterocycles. The average Bonchev–Trinajstić information content (AvgIpc) is 3.21. The molecule has 0 spiro atoms. The Morgan fingerprint density at radius 1 is 1.24 bits per heavy atom. The molecule has 7 nitrogen and oxygen atoms in total. The van der Waals surface area contributed by atoms with Crippen molar-refractivity contribution in [3.63, 3.8) is 0 Å². The van der Waals surface area contributed by atoms with Gasteiger partial charge >= 0.3 is 0 Å². The van der Waals surface area contributed by atoms with Gasteiger partial charge in [-0.1, -0.05) is 0 Å². The molecule has 2 aromatic rings. The third kappa shape index (κ3) is 3.00. The summed E-state index contributed by atoms with van der Waals surface area (Å²) in [5, 5.41) is 2.90. The van der Waals surface area contributed by atoms with Gasteiger partial charge < -0.3 is 19.7 Å². The summed E-state index contributed by atoms with van der Waals surface area (Å²) in [4.78, 5) is 30.4. The van der Waals surface area contributed by atoms with Crippen LogP contribution in [0.25, 0.3) is 0 Å². The minimum Gasteiger partial charge on any atom is -0.454 e. The van der Waals surface area contributed by atoms with Crippen LogP contribution in [0.15, 0.2) is 36.5 Å². The van der Waals surface area contributed by atoms with E-state index in [0.29, 0.717) is 23.6 Å². The maximum atomic E-state index is 12.3.